The molecule has 0 radical (unpaired) electrons. The molecule has 0 saturated carbocycles. The molecular weight excluding hydrogens is 256 g/mol. The van der Waals surface area contributed by atoms with Gasteiger partial charge in [-0.1, -0.05) is 0 Å². The van der Waals surface area contributed by atoms with Crippen LogP contribution in [0.4, 0.5) is 0 Å². The summed E-state index contributed by atoms with van der Waals surface area (Å²) in [5.74, 6) is 1.26. The fraction of sp³-hybridized carbons (Fsp3) is 1.00. The first kappa shape index (κ1) is 11.7. The Kier molecular flexibility index (Phi) is 7.84. The van der Waals surface area contributed by atoms with Crippen molar-refractivity contribution in [1.29, 1.82) is 0 Å². The molecule has 0 aromatic rings. The maximum atomic E-state index is 5.35. The molecule has 0 aliphatic carbocycles. The summed E-state index contributed by atoms with van der Waals surface area (Å²) in [7, 11) is 0. The average molecular weight is 274 g/mol. The number of hydrogen-bond donors (Lipinski definition) is 0. The minimum absolute atomic E-state index is 0.603. The van der Waals surface area contributed by atoms with Crippen LogP contribution in [0.1, 0.15) is 27.7 Å². The van der Waals surface area contributed by atoms with Crippen LogP contribution < -0.4 is 0 Å². The molecule has 0 rings (SSSR count). The van der Waals surface area contributed by atoms with Crippen LogP contribution in [-0.4, -0.2) is 35.0 Å². The Morgan fingerprint density at radius 2 is 1.27 bits per heavy atom. The molecule has 68 valence electrons. The molecule has 0 fully saturated rings. The number of rotatable bonds is 6. The van der Waals surface area contributed by atoms with Crippen molar-refractivity contribution in [3.63, 3.8) is 0 Å². The van der Waals surface area contributed by atoms with E-state index < -0.39 is 21.7 Å². The van der Waals surface area contributed by atoms with Gasteiger partial charge in [0.15, 0.2) is 0 Å². The monoisotopic (exact) mass is 276 g/mol. The van der Waals surface area contributed by atoms with Crippen LogP contribution in [0.2, 0.25) is 0 Å². The molecule has 0 aromatic carbocycles. The molecule has 0 bridgehead atoms. The van der Waals surface area contributed by atoms with Gasteiger partial charge in [-0.3, -0.25) is 0 Å². The molecule has 0 unspecified atom stereocenters. The van der Waals surface area contributed by atoms with E-state index in [-0.39, 0.29) is 0 Å². The first-order valence-corrected chi connectivity index (χ1v) is 5.94. The van der Waals surface area contributed by atoms with Crippen molar-refractivity contribution in [1.82, 2.24) is 0 Å². The predicted octanol–water partition coefficient (Wildman–Crippen LogP) is 1.87. The van der Waals surface area contributed by atoms with Crippen LogP contribution in [0.5, 0.6) is 0 Å². The minimum atomic E-state index is -0.603. The van der Waals surface area contributed by atoms with Crippen LogP contribution in [-0.2, 0) is 6.20 Å². The fourth-order valence-corrected chi connectivity index (χ4v) is 2.43. The molecule has 0 amide bonds. The van der Waals surface area contributed by atoms with E-state index in [1.807, 2.05) is 0 Å². The van der Waals surface area contributed by atoms with Gasteiger partial charge in [-0.25, -0.2) is 0 Å². The van der Waals surface area contributed by atoms with Gasteiger partial charge >= 0.3 is 80.7 Å². The Balaban J connectivity index is 2.91. The van der Waals surface area contributed by atoms with Gasteiger partial charge in [0.25, 0.3) is 0 Å². The first-order chi connectivity index (χ1) is 5.13. The Labute approximate surface area is 80.8 Å². The van der Waals surface area contributed by atoms with Crippen LogP contribution in [0.25, 0.3) is 0 Å². The summed E-state index contributed by atoms with van der Waals surface area (Å²) in [5.41, 5.74) is 0. The third-order valence-electron chi connectivity index (χ3n) is 0.899. The third-order valence-corrected chi connectivity index (χ3v) is 2.23. The van der Waals surface area contributed by atoms with Crippen molar-refractivity contribution in [3.05, 3.63) is 0 Å². The summed E-state index contributed by atoms with van der Waals surface area (Å²) in [6.45, 7) is 10.3. The summed E-state index contributed by atoms with van der Waals surface area (Å²) in [5, 5.41) is 0. The van der Waals surface area contributed by atoms with E-state index in [0.717, 1.165) is 13.2 Å². The predicted molar refractivity (Wildman–Crippen MR) is 47.3 cm³/mol. The Hall–Kier alpha value is 0.710. The van der Waals surface area contributed by atoms with Crippen molar-refractivity contribution >= 4 is 21.7 Å². The normalized spacial score (nSPS) is 11.5. The Bertz CT molecular complexity index is 74.2. The topological polar surface area (TPSA) is 18.5 Å². The van der Waals surface area contributed by atoms with Crippen molar-refractivity contribution in [2.45, 2.75) is 27.7 Å². The molecular formula is C8H18O2Te. The molecule has 11 heavy (non-hydrogen) atoms. The second kappa shape index (κ2) is 7.36. The van der Waals surface area contributed by atoms with Gasteiger partial charge in [-0.15, -0.1) is 0 Å². The summed E-state index contributed by atoms with van der Waals surface area (Å²) >= 11 is -0.603. The summed E-state index contributed by atoms with van der Waals surface area (Å²) in [6, 6.07) is 0. The first-order valence-electron chi connectivity index (χ1n) is 4.04. The van der Waals surface area contributed by atoms with Crippen LogP contribution in [0, 0.1) is 11.8 Å². The van der Waals surface area contributed by atoms with Crippen LogP contribution in [0.3, 0.4) is 0 Å². The van der Waals surface area contributed by atoms with E-state index in [9.17, 15) is 0 Å². The van der Waals surface area contributed by atoms with Gasteiger partial charge < -0.3 is 0 Å². The Morgan fingerprint density at radius 1 is 0.909 bits per heavy atom. The molecule has 0 spiro atoms. The van der Waals surface area contributed by atoms with Crippen LogP contribution >= 0.6 is 0 Å². The Morgan fingerprint density at radius 3 is 1.55 bits per heavy atom. The molecule has 0 aliphatic heterocycles. The quantitative estimate of drug-likeness (QED) is 0.543. The fourth-order valence-electron chi connectivity index (χ4n) is 0.362. The zero-order chi connectivity index (χ0) is 8.69. The molecule has 0 N–H and O–H groups in total. The van der Waals surface area contributed by atoms with Crippen LogP contribution in [0.15, 0.2) is 0 Å². The standard InChI is InChI=1S/C8H18O2Te/c1-7(2)5-9-11-10-6-8(3)4/h7-8H,5-6H2,1-4H3. The van der Waals surface area contributed by atoms with E-state index in [4.69, 9.17) is 6.20 Å². The molecule has 2 nitrogen and oxygen atoms in total. The van der Waals surface area contributed by atoms with Gasteiger partial charge in [0.2, 0.25) is 0 Å². The van der Waals surface area contributed by atoms with Crippen molar-refractivity contribution in [2.24, 2.45) is 11.8 Å². The average Bonchev–Trinajstić information content (AvgIpc) is 1.85. The molecule has 0 aromatic heterocycles. The van der Waals surface area contributed by atoms with E-state index in [1.54, 1.807) is 0 Å². The van der Waals surface area contributed by atoms with E-state index in [1.165, 1.54) is 0 Å². The van der Waals surface area contributed by atoms with Crippen molar-refractivity contribution < 1.29 is 6.20 Å². The van der Waals surface area contributed by atoms with E-state index in [2.05, 4.69) is 27.7 Å². The maximum absolute atomic E-state index is 5.35. The second-order valence-corrected chi connectivity index (χ2v) is 5.16. The van der Waals surface area contributed by atoms with E-state index >= 15 is 0 Å². The zero-order valence-corrected chi connectivity index (χ0v) is 10.1. The molecule has 3 heteroatoms. The summed E-state index contributed by atoms with van der Waals surface area (Å²) in [6.07, 6.45) is 0. The SMILES string of the molecule is CC(C)CO[Te]OCC(C)C. The molecule has 0 saturated heterocycles. The molecule has 0 atom stereocenters. The van der Waals surface area contributed by atoms with Gasteiger partial charge in [-0.05, 0) is 0 Å². The second-order valence-electron chi connectivity index (χ2n) is 3.42. The van der Waals surface area contributed by atoms with Crippen molar-refractivity contribution in [3.8, 4) is 0 Å². The van der Waals surface area contributed by atoms with E-state index in [0.29, 0.717) is 11.8 Å². The van der Waals surface area contributed by atoms with Gasteiger partial charge in [0.1, 0.15) is 0 Å². The summed E-state index contributed by atoms with van der Waals surface area (Å²) in [4.78, 5) is 0. The van der Waals surface area contributed by atoms with Gasteiger partial charge in [-0.2, -0.15) is 0 Å². The number of hydrogen-bond acceptors (Lipinski definition) is 2. The summed E-state index contributed by atoms with van der Waals surface area (Å²) < 4.78 is 10.7. The van der Waals surface area contributed by atoms with Gasteiger partial charge in [0, 0.05) is 0 Å². The van der Waals surface area contributed by atoms with Crippen molar-refractivity contribution in [2.75, 3.05) is 13.2 Å². The zero-order valence-electron chi connectivity index (χ0n) is 7.79. The third kappa shape index (κ3) is 10.7. The molecule has 0 heterocycles. The van der Waals surface area contributed by atoms with Gasteiger partial charge in [0.05, 0.1) is 0 Å². The molecule has 0 aliphatic rings.